The second-order valence-electron chi connectivity index (χ2n) is 3.54. The summed E-state index contributed by atoms with van der Waals surface area (Å²) in [6.07, 6.45) is 0.619. The standard InChI is InChI=1S/C11H14N4O2/c1-3-8(16-2)10-14-11(17-15-10)7-5-4-6-9(12)13-7/h4-6,8H,3H2,1-2H3,(H2,12,13). The van der Waals surface area contributed by atoms with Gasteiger partial charge in [-0.3, -0.25) is 0 Å². The zero-order chi connectivity index (χ0) is 12.3. The normalized spacial score (nSPS) is 12.6. The summed E-state index contributed by atoms with van der Waals surface area (Å²) in [5.41, 5.74) is 6.15. The predicted molar refractivity (Wildman–Crippen MR) is 62.0 cm³/mol. The number of methoxy groups -OCH3 is 1. The van der Waals surface area contributed by atoms with Crippen LogP contribution in [0.2, 0.25) is 0 Å². The van der Waals surface area contributed by atoms with Crippen LogP contribution in [0.25, 0.3) is 11.6 Å². The monoisotopic (exact) mass is 234 g/mol. The van der Waals surface area contributed by atoms with E-state index in [1.807, 2.05) is 6.92 Å². The van der Waals surface area contributed by atoms with Crippen molar-refractivity contribution in [2.24, 2.45) is 0 Å². The number of nitrogen functional groups attached to an aromatic ring is 1. The number of hydrogen-bond donors (Lipinski definition) is 1. The smallest absolute Gasteiger partial charge is 0.276 e. The highest BCUT2D eigenvalue weighted by Crippen LogP contribution is 2.21. The molecular formula is C11H14N4O2. The van der Waals surface area contributed by atoms with Crippen molar-refractivity contribution in [3.05, 3.63) is 24.0 Å². The van der Waals surface area contributed by atoms with E-state index in [9.17, 15) is 0 Å². The summed E-state index contributed by atoms with van der Waals surface area (Å²) in [5, 5.41) is 3.87. The second-order valence-corrected chi connectivity index (χ2v) is 3.54. The summed E-state index contributed by atoms with van der Waals surface area (Å²) in [4.78, 5) is 8.35. The molecule has 2 rings (SSSR count). The van der Waals surface area contributed by atoms with E-state index in [0.717, 1.165) is 6.42 Å². The molecule has 0 amide bonds. The summed E-state index contributed by atoms with van der Waals surface area (Å²) < 4.78 is 10.4. The Morgan fingerprint density at radius 3 is 2.88 bits per heavy atom. The van der Waals surface area contributed by atoms with Gasteiger partial charge in [-0.15, -0.1) is 0 Å². The van der Waals surface area contributed by atoms with Crippen molar-refractivity contribution in [3.8, 4) is 11.6 Å². The number of hydrogen-bond acceptors (Lipinski definition) is 6. The minimum atomic E-state index is -0.159. The molecule has 90 valence electrons. The van der Waals surface area contributed by atoms with Gasteiger partial charge >= 0.3 is 0 Å². The quantitative estimate of drug-likeness (QED) is 0.868. The third kappa shape index (κ3) is 2.42. The molecule has 2 aromatic heterocycles. The van der Waals surface area contributed by atoms with Crippen molar-refractivity contribution in [2.75, 3.05) is 12.8 Å². The van der Waals surface area contributed by atoms with Crippen molar-refractivity contribution in [1.29, 1.82) is 0 Å². The van der Waals surface area contributed by atoms with E-state index in [-0.39, 0.29) is 6.10 Å². The van der Waals surface area contributed by atoms with Gasteiger partial charge in [-0.2, -0.15) is 4.98 Å². The molecule has 0 radical (unpaired) electrons. The number of nitrogens with two attached hydrogens (primary N) is 1. The van der Waals surface area contributed by atoms with E-state index in [1.54, 1.807) is 25.3 Å². The third-order valence-electron chi connectivity index (χ3n) is 2.37. The molecule has 1 atom stereocenters. The highest BCUT2D eigenvalue weighted by Gasteiger charge is 2.17. The predicted octanol–water partition coefficient (Wildman–Crippen LogP) is 1.81. The summed E-state index contributed by atoms with van der Waals surface area (Å²) in [6, 6.07) is 5.25. The zero-order valence-electron chi connectivity index (χ0n) is 9.75. The first-order valence-corrected chi connectivity index (χ1v) is 5.34. The Labute approximate surface area is 98.8 Å². The Morgan fingerprint density at radius 2 is 2.24 bits per heavy atom. The Kier molecular flexibility index (Phi) is 3.34. The van der Waals surface area contributed by atoms with Gasteiger partial charge in [0, 0.05) is 7.11 Å². The fourth-order valence-electron chi connectivity index (χ4n) is 1.49. The summed E-state index contributed by atoms with van der Waals surface area (Å²) in [7, 11) is 1.61. The maximum atomic E-state index is 5.59. The van der Waals surface area contributed by atoms with Crippen molar-refractivity contribution < 1.29 is 9.26 Å². The van der Waals surface area contributed by atoms with Crippen molar-refractivity contribution >= 4 is 5.82 Å². The first-order chi connectivity index (χ1) is 8.24. The SMILES string of the molecule is CCC(OC)c1noc(-c2cccc(N)n2)n1. The first kappa shape index (κ1) is 11.5. The maximum absolute atomic E-state index is 5.59. The van der Waals surface area contributed by atoms with Gasteiger partial charge in [0.05, 0.1) is 0 Å². The number of pyridine rings is 1. The van der Waals surface area contributed by atoms with Gasteiger partial charge in [-0.1, -0.05) is 18.1 Å². The molecular weight excluding hydrogens is 220 g/mol. The van der Waals surface area contributed by atoms with Gasteiger partial charge in [-0.05, 0) is 18.6 Å². The van der Waals surface area contributed by atoms with Gasteiger partial charge in [-0.25, -0.2) is 4.98 Å². The molecule has 0 aliphatic rings. The molecule has 6 nitrogen and oxygen atoms in total. The zero-order valence-corrected chi connectivity index (χ0v) is 9.75. The number of rotatable bonds is 4. The molecule has 0 aliphatic carbocycles. The minimum absolute atomic E-state index is 0.159. The van der Waals surface area contributed by atoms with Crippen LogP contribution >= 0.6 is 0 Å². The van der Waals surface area contributed by atoms with Crippen LogP contribution in [0.15, 0.2) is 22.7 Å². The lowest BCUT2D eigenvalue weighted by Gasteiger charge is -2.05. The molecule has 0 saturated heterocycles. The van der Waals surface area contributed by atoms with E-state index in [2.05, 4.69) is 15.1 Å². The average Bonchev–Trinajstić information content (AvgIpc) is 2.80. The minimum Gasteiger partial charge on any atom is -0.384 e. The molecule has 0 spiro atoms. The van der Waals surface area contributed by atoms with Crippen LogP contribution < -0.4 is 5.73 Å². The fraction of sp³-hybridized carbons (Fsp3) is 0.364. The molecule has 2 N–H and O–H groups in total. The van der Waals surface area contributed by atoms with Crippen LogP contribution in [0.1, 0.15) is 25.3 Å². The van der Waals surface area contributed by atoms with Crippen LogP contribution in [-0.2, 0) is 4.74 Å². The molecule has 0 saturated carbocycles. The molecule has 2 heterocycles. The van der Waals surface area contributed by atoms with Gasteiger partial charge < -0.3 is 15.0 Å². The summed E-state index contributed by atoms with van der Waals surface area (Å²) >= 11 is 0. The second kappa shape index (κ2) is 4.92. The number of aromatic nitrogens is 3. The van der Waals surface area contributed by atoms with Crippen LogP contribution in [0.4, 0.5) is 5.82 Å². The summed E-state index contributed by atoms with van der Waals surface area (Å²) in [5.74, 6) is 1.29. The van der Waals surface area contributed by atoms with Gasteiger partial charge in [0.2, 0.25) is 5.82 Å². The van der Waals surface area contributed by atoms with E-state index in [1.165, 1.54) is 0 Å². The number of nitrogens with zero attached hydrogens (tertiary/aromatic N) is 3. The Hall–Kier alpha value is -1.95. The first-order valence-electron chi connectivity index (χ1n) is 5.34. The molecule has 1 unspecified atom stereocenters. The number of anilines is 1. The Morgan fingerprint density at radius 1 is 1.41 bits per heavy atom. The molecule has 0 bridgehead atoms. The van der Waals surface area contributed by atoms with Gasteiger partial charge in [0.1, 0.15) is 17.6 Å². The van der Waals surface area contributed by atoms with Crippen LogP contribution in [0.3, 0.4) is 0 Å². The van der Waals surface area contributed by atoms with Crippen LogP contribution in [0.5, 0.6) is 0 Å². The van der Waals surface area contributed by atoms with Crippen molar-refractivity contribution in [3.63, 3.8) is 0 Å². The lowest BCUT2D eigenvalue weighted by atomic mass is 10.2. The highest BCUT2D eigenvalue weighted by atomic mass is 16.5. The fourth-order valence-corrected chi connectivity index (χ4v) is 1.49. The van der Waals surface area contributed by atoms with Crippen LogP contribution in [0, 0.1) is 0 Å². The maximum Gasteiger partial charge on any atom is 0.276 e. The lowest BCUT2D eigenvalue weighted by molar-refractivity contribution is 0.0903. The molecule has 2 aromatic rings. The highest BCUT2D eigenvalue weighted by molar-refractivity contribution is 5.49. The third-order valence-corrected chi connectivity index (χ3v) is 2.37. The van der Waals surface area contributed by atoms with E-state index in [4.69, 9.17) is 15.0 Å². The summed E-state index contributed by atoms with van der Waals surface area (Å²) in [6.45, 7) is 1.99. The van der Waals surface area contributed by atoms with Crippen molar-refractivity contribution in [2.45, 2.75) is 19.4 Å². The van der Waals surface area contributed by atoms with Crippen molar-refractivity contribution in [1.82, 2.24) is 15.1 Å². The Bertz CT molecular complexity index is 494. The molecule has 6 heteroatoms. The molecule has 0 aliphatic heterocycles. The van der Waals surface area contributed by atoms with E-state index >= 15 is 0 Å². The topological polar surface area (TPSA) is 87.1 Å². The number of ether oxygens (including phenoxy) is 1. The molecule has 0 aromatic carbocycles. The molecule has 0 fully saturated rings. The average molecular weight is 234 g/mol. The largest absolute Gasteiger partial charge is 0.384 e. The Balaban J connectivity index is 2.29. The van der Waals surface area contributed by atoms with Gasteiger partial charge in [0.25, 0.3) is 5.89 Å². The van der Waals surface area contributed by atoms with Crippen LogP contribution in [-0.4, -0.2) is 22.2 Å². The lowest BCUT2D eigenvalue weighted by Crippen LogP contribution is -2.01. The molecule has 17 heavy (non-hydrogen) atoms. The van der Waals surface area contributed by atoms with E-state index < -0.39 is 0 Å². The van der Waals surface area contributed by atoms with Gasteiger partial charge in [0.15, 0.2) is 0 Å². The van der Waals surface area contributed by atoms with E-state index in [0.29, 0.717) is 23.2 Å².